The van der Waals surface area contributed by atoms with Crippen LogP contribution in [0.5, 0.6) is 5.75 Å². The number of methoxy groups -OCH3 is 1. The Labute approximate surface area is 167 Å². The number of hydrogen-bond donors (Lipinski definition) is 2. The monoisotopic (exact) mass is 401 g/mol. The van der Waals surface area contributed by atoms with Gasteiger partial charge in [-0.2, -0.15) is 0 Å². The lowest BCUT2D eigenvalue weighted by atomic mass is 10.0. The number of nitrogens with two attached hydrogens (primary N) is 1. The summed E-state index contributed by atoms with van der Waals surface area (Å²) < 4.78 is 22.7. The second-order valence-corrected chi connectivity index (χ2v) is 7.58. The van der Waals surface area contributed by atoms with E-state index in [-0.39, 0.29) is 22.7 Å². The van der Waals surface area contributed by atoms with Gasteiger partial charge in [0.1, 0.15) is 11.3 Å². The molecule has 154 valence electrons. The molecule has 1 aliphatic heterocycles. The number of carbonyl (C=O) groups is 1. The van der Waals surface area contributed by atoms with Gasteiger partial charge in [0.15, 0.2) is 11.6 Å². The molecule has 2 fully saturated rings. The number of fused-ring (bicyclic) bond motifs is 1. The third kappa shape index (κ3) is 3.37. The Kier molecular flexibility index (Phi) is 5.04. The molecule has 1 saturated heterocycles. The second kappa shape index (κ2) is 7.51. The van der Waals surface area contributed by atoms with E-state index in [9.17, 15) is 14.7 Å². The van der Waals surface area contributed by atoms with Crippen molar-refractivity contribution < 1.29 is 19.0 Å². The van der Waals surface area contributed by atoms with E-state index >= 15 is 4.39 Å². The molecule has 29 heavy (non-hydrogen) atoms. The van der Waals surface area contributed by atoms with Crippen LogP contribution in [0.25, 0.3) is 10.9 Å². The average Bonchev–Trinajstić information content (AvgIpc) is 3.53. The van der Waals surface area contributed by atoms with Gasteiger partial charge in [-0.25, -0.2) is 9.18 Å². The van der Waals surface area contributed by atoms with Crippen LogP contribution in [0.4, 0.5) is 10.1 Å². The van der Waals surface area contributed by atoms with Gasteiger partial charge in [-0.1, -0.05) is 11.6 Å². The Morgan fingerprint density at radius 2 is 2.21 bits per heavy atom. The molecule has 1 aromatic carbocycles. The van der Waals surface area contributed by atoms with E-state index in [4.69, 9.17) is 10.5 Å². The predicted molar refractivity (Wildman–Crippen MR) is 109 cm³/mol. The van der Waals surface area contributed by atoms with E-state index in [1.165, 1.54) is 13.3 Å². The fourth-order valence-corrected chi connectivity index (χ4v) is 4.15. The third-order valence-electron chi connectivity index (χ3n) is 5.62. The van der Waals surface area contributed by atoms with Crippen LogP contribution in [0.3, 0.4) is 0 Å². The zero-order chi connectivity index (χ0) is 20.7. The van der Waals surface area contributed by atoms with Crippen LogP contribution in [0.15, 0.2) is 28.7 Å². The molecule has 0 unspecified atom stereocenters. The molecule has 1 aromatic heterocycles. The molecule has 0 spiro atoms. The molecule has 1 saturated carbocycles. The fraction of sp³-hybridized carbons (Fsp3) is 0.429. The highest BCUT2D eigenvalue weighted by molar-refractivity contribution is 5.97. The Hall–Kier alpha value is -2.87. The van der Waals surface area contributed by atoms with Gasteiger partial charge in [0.05, 0.1) is 18.0 Å². The van der Waals surface area contributed by atoms with Crippen LogP contribution in [0.1, 0.15) is 42.1 Å². The summed E-state index contributed by atoms with van der Waals surface area (Å²) in [5, 5.41) is 9.45. The van der Waals surface area contributed by atoms with Crippen molar-refractivity contribution in [1.29, 1.82) is 0 Å². The largest absolute Gasteiger partial charge is 0.492 e. The highest BCUT2D eigenvalue weighted by Crippen LogP contribution is 2.44. The molecule has 2 aromatic rings. The molecule has 3 N–H and O–H groups in total. The third-order valence-corrected chi connectivity index (χ3v) is 5.62. The number of carboxylic acid groups (broad SMARTS) is 1. The van der Waals surface area contributed by atoms with Crippen LogP contribution in [-0.4, -0.2) is 42.4 Å². The van der Waals surface area contributed by atoms with Crippen molar-refractivity contribution in [3.05, 3.63) is 45.5 Å². The molecule has 2 aliphatic rings. The van der Waals surface area contributed by atoms with E-state index in [1.807, 2.05) is 11.0 Å². The molecule has 0 atom stereocenters. The van der Waals surface area contributed by atoms with Crippen molar-refractivity contribution in [1.82, 2.24) is 4.57 Å². The molecule has 1 aliphatic carbocycles. The molecular weight excluding hydrogens is 377 g/mol. The smallest absolute Gasteiger partial charge is 0.341 e. The number of benzene rings is 1. The van der Waals surface area contributed by atoms with Gasteiger partial charge in [0.2, 0.25) is 5.43 Å². The van der Waals surface area contributed by atoms with E-state index < -0.39 is 17.2 Å². The summed E-state index contributed by atoms with van der Waals surface area (Å²) in [6.45, 7) is 1.62. The van der Waals surface area contributed by atoms with Gasteiger partial charge in [0.25, 0.3) is 0 Å². The van der Waals surface area contributed by atoms with E-state index in [0.717, 1.165) is 37.3 Å². The van der Waals surface area contributed by atoms with Crippen LogP contribution >= 0.6 is 0 Å². The molecule has 0 radical (unpaired) electrons. The molecule has 0 bridgehead atoms. The lowest BCUT2D eigenvalue weighted by molar-refractivity contribution is 0.0695. The topological polar surface area (TPSA) is 97.8 Å². The Morgan fingerprint density at radius 1 is 1.45 bits per heavy atom. The maximum atomic E-state index is 15.3. The first-order valence-electron chi connectivity index (χ1n) is 9.77. The molecule has 7 nitrogen and oxygen atoms in total. The molecule has 0 amide bonds. The number of aromatic carboxylic acids is 1. The Bertz CT molecular complexity index is 1070. The van der Waals surface area contributed by atoms with Crippen molar-refractivity contribution in [2.75, 3.05) is 31.6 Å². The summed E-state index contributed by atoms with van der Waals surface area (Å²) >= 11 is 0. The number of carboxylic acids is 1. The number of hydrogen-bond acceptors (Lipinski definition) is 5. The van der Waals surface area contributed by atoms with Gasteiger partial charge >= 0.3 is 5.97 Å². The Balaban J connectivity index is 1.98. The quantitative estimate of drug-likeness (QED) is 0.748. The first-order valence-corrected chi connectivity index (χ1v) is 9.77. The fourth-order valence-electron chi connectivity index (χ4n) is 4.15. The molecule has 2 heterocycles. The number of nitrogens with zero attached hydrogens (tertiary/aromatic N) is 2. The summed E-state index contributed by atoms with van der Waals surface area (Å²) in [5.74, 6) is -1.64. The first-order chi connectivity index (χ1) is 14.0. The number of ether oxygens (including phenoxy) is 1. The van der Waals surface area contributed by atoms with Crippen LogP contribution in [0.2, 0.25) is 0 Å². The van der Waals surface area contributed by atoms with E-state index in [0.29, 0.717) is 30.8 Å². The summed E-state index contributed by atoms with van der Waals surface area (Å²) in [4.78, 5) is 26.2. The highest BCUT2D eigenvalue weighted by atomic mass is 19.1. The second-order valence-electron chi connectivity index (χ2n) is 7.58. The van der Waals surface area contributed by atoms with Gasteiger partial charge in [-0.05, 0) is 31.7 Å². The Morgan fingerprint density at radius 3 is 2.83 bits per heavy atom. The molecular formula is C21H24FN3O4. The maximum Gasteiger partial charge on any atom is 0.341 e. The summed E-state index contributed by atoms with van der Waals surface area (Å²) in [7, 11) is 1.45. The van der Waals surface area contributed by atoms with Crippen LogP contribution in [0, 0.1) is 5.82 Å². The van der Waals surface area contributed by atoms with Crippen LogP contribution < -0.4 is 20.8 Å². The van der Waals surface area contributed by atoms with Gasteiger partial charge < -0.3 is 25.0 Å². The van der Waals surface area contributed by atoms with E-state index in [1.54, 1.807) is 4.57 Å². The number of rotatable bonds is 5. The van der Waals surface area contributed by atoms with E-state index in [2.05, 4.69) is 0 Å². The number of halogens is 1. The maximum absolute atomic E-state index is 15.3. The zero-order valence-electron chi connectivity index (χ0n) is 16.3. The summed E-state index contributed by atoms with van der Waals surface area (Å²) in [6.07, 6.45) is 6.85. The summed E-state index contributed by atoms with van der Waals surface area (Å²) in [6, 6.07) is 1.24. The van der Waals surface area contributed by atoms with Crippen LogP contribution in [-0.2, 0) is 0 Å². The number of pyridine rings is 1. The van der Waals surface area contributed by atoms with Crippen molar-refractivity contribution in [3.63, 3.8) is 0 Å². The minimum atomic E-state index is -1.32. The summed E-state index contributed by atoms with van der Waals surface area (Å²) in [5.41, 5.74) is 6.48. The first kappa shape index (κ1) is 19.4. The zero-order valence-corrected chi connectivity index (χ0v) is 16.3. The van der Waals surface area contributed by atoms with Crippen molar-refractivity contribution in [2.45, 2.75) is 31.7 Å². The number of aromatic nitrogens is 1. The minimum absolute atomic E-state index is 0.0321. The lowest BCUT2D eigenvalue weighted by Crippen LogP contribution is -2.33. The SMILES string of the molecule is COc1c(N2CCC/C(=C\CN)C2)c(F)cc2c(=O)c(C(=O)O)cn(C3CC3)c12. The lowest BCUT2D eigenvalue weighted by Gasteiger charge is -2.32. The number of piperidine rings is 1. The van der Waals surface area contributed by atoms with Crippen molar-refractivity contribution >= 4 is 22.6 Å². The standard InChI is InChI=1S/C21H24FN3O4/c1-29-20-17-14(19(26)15(21(27)28)11-25(17)13-4-5-13)9-16(22)18(20)24-8-2-3-12(10-24)6-7-23/h6,9,11,13H,2-5,7-8,10,23H2,1H3,(H,27,28)/b12-6+. The highest BCUT2D eigenvalue weighted by Gasteiger charge is 2.31. The molecule has 4 rings (SSSR count). The average molecular weight is 401 g/mol. The van der Waals surface area contributed by atoms with Gasteiger partial charge in [-0.15, -0.1) is 0 Å². The molecule has 8 heteroatoms. The normalized spacial score (nSPS) is 18.4. The predicted octanol–water partition coefficient (Wildman–Crippen LogP) is 2.67. The number of anilines is 1. The van der Waals surface area contributed by atoms with Gasteiger partial charge in [-0.3, -0.25) is 4.79 Å². The minimum Gasteiger partial charge on any atom is -0.492 e. The van der Waals surface area contributed by atoms with Gasteiger partial charge in [0, 0.05) is 31.9 Å². The van der Waals surface area contributed by atoms with Crippen molar-refractivity contribution in [2.24, 2.45) is 5.73 Å². The van der Waals surface area contributed by atoms with Crippen molar-refractivity contribution in [3.8, 4) is 5.75 Å².